The molecule has 54 heavy (non-hydrogen) atoms. The van der Waals surface area contributed by atoms with Crippen LogP contribution >= 0.6 is 0 Å². The Balaban J connectivity index is 3.67. The molecule has 1 N–H and O–H groups in total. The molecule has 5 nitrogen and oxygen atoms in total. The van der Waals surface area contributed by atoms with E-state index in [4.69, 9.17) is 9.47 Å². The third-order valence-electron chi connectivity index (χ3n) is 8.53. The van der Waals surface area contributed by atoms with Gasteiger partial charge in [0.25, 0.3) is 0 Å². The van der Waals surface area contributed by atoms with Crippen molar-refractivity contribution in [2.75, 3.05) is 13.2 Å². The summed E-state index contributed by atoms with van der Waals surface area (Å²) in [6, 6.07) is 0. The second-order valence-electron chi connectivity index (χ2n) is 13.7. The molecule has 0 spiro atoms. The van der Waals surface area contributed by atoms with E-state index in [-0.39, 0.29) is 25.2 Å². The van der Waals surface area contributed by atoms with E-state index in [1.165, 1.54) is 12.8 Å². The summed E-state index contributed by atoms with van der Waals surface area (Å²) >= 11 is 0. The molecule has 304 valence electrons. The molecule has 0 radical (unpaired) electrons. The van der Waals surface area contributed by atoms with Crippen molar-refractivity contribution in [3.63, 3.8) is 0 Å². The van der Waals surface area contributed by atoms with Crippen molar-refractivity contribution in [2.24, 2.45) is 0 Å². The standard InChI is InChI=1S/C49H78O5/c1-3-5-7-9-11-13-15-17-18-19-20-21-22-23-24-25-26-27-28-29-30-32-34-36-38-40-42-44-49(52)54-47(45-50)46-53-48(51)43-41-39-37-35-33-31-16-14-12-10-8-6-4-2/h5,7-8,10-11,13-14,16-18,20-21,23-24,26-27,29-30,47,50H,3-4,6,9,12,15,19,22,25,28,31-46H2,1-2H3/b7-5-,10-8-,13-11-,16-14-,18-17-,21-20-,24-23-,27-26-,30-29-. The Labute approximate surface area is 331 Å². The van der Waals surface area contributed by atoms with Gasteiger partial charge < -0.3 is 14.6 Å². The minimum absolute atomic E-state index is 0.0886. The zero-order chi connectivity index (χ0) is 39.3. The average Bonchev–Trinajstić information content (AvgIpc) is 3.17. The molecule has 0 rings (SSSR count). The molecular weight excluding hydrogens is 669 g/mol. The molecule has 0 saturated carbocycles. The zero-order valence-electron chi connectivity index (χ0n) is 34.4. The summed E-state index contributed by atoms with van der Waals surface area (Å²) in [6.07, 6.45) is 63.0. The highest BCUT2D eigenvalue weighted by Crippen LogP contribution is 2.11. The lowest BCUT2D eigenvalue weighted by Crippen LogP contribution is -2.28. The molecule has 0 aliphatic heterocycles. The fourth-order valence-electron chi connectivity index (χ4n) is 5.33. The number of carbonyl (C=O) groups excluding carboxylic acids is 2. The maximum atomic E-state index is 12.2. The number of allylic oxidation sites excluding steroid dienone is 18. The van der Waals surface area contributed by atoms with E-state index in [1.807, 2.05) is 0 Å². The first-order valence-electron chi connectivity index (χ1n) is 21.4. The molecule has 1 unspecified atom stereocenters. The van der Waals surface area contributed by atoms with E-state index in [2.05, 4.69) is 123 Å². The van der Waals surface area contributed by atoms with Crippen LogP contribution in [0.1, 0.15) is 168 Å². The molecule has 1 atom stereocenters. The quantitative estimate of drug-likeness (QED) is 0.0389. The summed E-state index contributed by atoms with van der Waals surface area (Å²) in [6.45, 7) is 3.91. The van der Waals surface area contributed by atoms with E-state index in [0.717, 1.165) is 128 Å². The Morgan fingerprint density at radius 1 is 0.444 bits per heavy atom. The first kappa shape index (κ1) is 50.6. The topological polar surface area (TPSA) is 72.8 Å². The molecule has 0 aromatic rings. The lowest BCUT2D eigenvalue weighted by molar-refractivity contribution is -0.161. The Kier molecular flexibility index (Phi) is 41.2. The van der Waals surface area contributed by atoms with E-state index in [1.54, 1.807) is 0 Å². The Morgan fingerprint density at radius 3 is 1.20 bits per heavy atom. The zero-order valence-corrected chi connectivity index (χ0v) is 34.4. The molecule has 0 aliphatic rings. The number of carbonyl (C=O) groups is 2. The largest absolute Gasteiger partial charge is 0.462 e. The Morgan fingerprint density at radius 2 is 0.796 bits per heavy atom. The average molecular weight is 747 g/mol. The van der Waals surface area contributed by atoms with Crippen LogP contribution in [-0.2, 0) is 19.1 Å². The highest BCUT2D eigenvalue weighted by Gasteiger charge is 2.16. The number of aliphatic hydroxyl groups excluding tert-OH is 1. The smallest absolute Gasteiger partial charge is 0.306 e. The Bertz CT molecular complexity index is 1120. The van der Waals surface area contributed by atoms with Crippen molar-refractivity contribution in [1.29, 1.82) is 0 Å². The summed E-state index contributed by atoms with van der Waals surface area (Å²) in [5.74, 6) is -0.641. The summed E-state index contributed by atoms with van der Waals surface area (Å²) in [7, 11) is 0. The predicted molar refractivity (Wildman–Crippen MR) is 232 cm³/mol. The summed E-state index contributed by atoms with van der Waals surface area (Å²) in [5, 5.41) is 9.57. The number of esters is 2. The van der Waals surface area contributed by atoms with Crippen LogP contribution in [0.5, 0.6) is 0 Å². The summed E-state index contributed by atoms with van der Waals surface area (Å²) in [4.78, 5) is 24.3. The highest BCUT2D eigenvalue weighted by atomic mass is 16.6. The normalized spacial score (nSPS) is 13.3. The molecule has 0 fully saturated rings. The monoisotopic (exact) mass is 747 g/mol. The van der Waals surface area contributed by atoms with Gasteiger partial charge in [-0.15, -0.1) is 0 Å². The van der Waals surface area contributed by atoms with Gasteiger partial charge >= 0.3 is 11.9 Å². The summed E-state index contributed by atoms with van der Waals surface area (Å²) in [5.41, 5.74) is 0. The number of ether oxygens (including phenoxy) is 2. The molecule has 0 bridgehead atoms. The second-order valence-corrected chi connectivity index (χ2v) is 13.7. The molecule has 0 aliphatic carbocycles. The van der Waals surface area contributed by atoms with Crippen LogP contribution in [0.15, 0.2) is 109 Å². The summed E-state index contributed by atoms with van der Waals surface area (Å²) < 4.78 is 10.6. The van der Waals surface area contributed by atoms with Crippen LogP contribution in [0.3, 0.4) is 0 Å². The van der Waals surface area contributed by atoms with Crippen molar-refractivity contribution in [1.82, 2.24) is 0 Å². The van der Waals surface area contributed by atoms with Gasteiger partial charge in [0.2, 0.25) is 0 Å². The molecule has 0 saturated heterocycles. The molecule has 0 heterocycles. The van der Waals surface area contributed by atoms with Crippen LogP contribution < -0.4 is 0 Å². The number of aliphatic hydroxyl groups is 1. The van der Waals surface area contributed by atoms with E-state index < -0.39 is 6.10 Å². The van der Waals surface area contributed by atoms with Crippen molar-refractivity contribution >= 4 is 11.9 Å². The van der Waals surface area contributed by atoms with E-state index in [9.17, 15) is 14.7 Å². The van der Waals surface area contributed by atoms with Crippen LogP contribution in [0, 0.1) is 0 Å². The third-order valence-corrected chi connectivity index (χ3v) is 8.53. The Hall–Kier alpha value is -3.44. The minimum atomic E-state index is -0.795. The van der Waals surface area contributed by atoms with Crippen LogP contribution in [0.4, 0.5) is 0 Å². The molecule has 0 aromatic carbocycles. The van der Waals surface area contributed by atoms with Crippen LogP contribution in [0.25, 0.3) is 0 Å². The number of hydrogen-bond acceptors (Lipinski definition) is 5. The highest BCUT2D eigenvalue weighted by molar-refractivity contribution is 5.70. The van der Waals surface area contributed by atoms with Gasteiger partial charge in [0.15, 0.2) is 6.10 Å². The van der Waals surface area contributed by atoms with Crippen LogP contribution in [-0.4, -0.2) is 36.4 Å². The van der Waals surface area contributed by atoms with Gasteiger partial charge in [-0.3, -0.25) is 9.59 Å². The van der Waals surface area contributed by atoms with Crippen molar-refractivity contribution < 1.29 is 24.2 Å². The van der Waals surface area contributed by atoms with Gasteiger partial charge in [-0.1, -0.05) is 168 Å². The number of hydrogen-bond donors (Lipinski definition) is 1. The molecule has 0 amide bonds. The van der Waals surface area contributed by atoms with Gasteiger partial charge in [0.05, 0.1) is 6.61 Å². The number of rotatable bonds is 37. The first-order valence-corrected chi connectivity index (χ1v) is 21.4. The van der Waals surface area contributed by atoms with Gasteiger partial charge in [0.1, 0.15) is 6.61 Å². The third kappa shape index (κ3) is 41.3. The SMILES string of the molecule is CC/C=C\C/C=C\C/C=C\C/C=C\C/C=C\C/C=C\C/C=C\CCCCCCCC(=O)OC(CO)COC(=O)CCCCCCC/C=C\C/C=C\CCC. The van der Waals surface area contributed by atoms with Crippen LogP contribution in [0.2, 0.25) is 0 Å². The lowest BCUT2D eigenvalue weighted by atomic mass is 10.1. The van der Waals surface area contributed by atoms with Gasteiger partial charge in [-0.2, -0.15) is 0 Å². The van der Waals surface area contributed by atoms with E-state index in [0.29, 0.717) is 12.8 Å². The van der Waals surface area contributed by atoms with Crippen molar-refractivity contribution in [3.8, 4) is 0 Å². The van der Waals surface area contributed by atoms with Crippen molar-refractivity contribution in [2.45, 2.75) is 174 Å². The first-order chi connectivity index (χ1) is 26.6. The van der Waals surface area contributed by atoms with Gasteiger partial charge in [-0.25, -0.2) is 0 Å². The van der Waals surface area contributed by atoms with Gasteiger partial charge in [0, 0.05) is 12.8 Å². The van der Waals surface area contributed by atoms with Crippen molar-refractivity contribution in [3.05, 3.63) is 109 Å². The van der Waals surface area contributed by atoms with Gasteiger partial charge in [-0.05, 0) is 96.3 Å². The maximum Gasteiger partial charge on any atom is 0.306 e. The number of unbranched alkanes of at least 4 members (excludes halogenated alkanes) is 11. The predicted octanol–water partition coefficient (Wildman–Crippen LogP) is 13.8. The second kappa shape index (κ2) is 44.0. The van der Waals surface area contributed by atoms with E-state index >= 15 is 0 Å². The fourth-order valence-corrected chi connectivity index (χ4v) is 5.33. The lowest BCUT2D eigenvalue weighted by Gasteiger charge is -2.15. The molecular formula is C49H78O5. The fraction of sp³-hybridized carbons (Fsp3) is 0.592. The molecule has 0 aromatic heterocycles. The molecule has 5 heteroatoms. The maximum absolute atomic E-state index is 12.2. The minimum Gasteiger partial charge on any atom is -0.462 e.